The number of hydrogen-bond acceptors (Lipinski definition) is 4. The van der Waals surface area contributed by atoms with Gasteiger partial charge in [0.25, 0.3) is 0 Å². The number of ether oxygens (including phenoxy) is 2. The van der Waals surface area contributed by atoms with Gasteiger partial charge in [0.1, 0.15) is 5.75 Å². The molecule has 1 saturated heterocycles. The van der Waals surface area contributed by atoms with Crippen LogP contribution in [-0.4, -0.2) is 30.1 Å². The number of rotatable bonds is 3. The van der Waals surface area contributed by atoms with Gasteiger partial charge in [-0.05, 0) is 54.9 Å². The van der Waals surface area contributed by atoms with E-state index in [4.69, 9.17) is 9.47 Å². The van der Waals surface area contributed by atoms with Crippen LogP contribution in [0, 0.1) is 11.8 Å². The Kier molecular flexibility index (Phi) is 4.27. The molecule has 3 aromatic rings. The second kappa shape index (κ2) is 7.13. The van der Waals surface area contributed by atoms with Crippen LogP contribution in [0.1, 0.15) is 36.4 Å². The minimum Gasteiger partial charge on any atom is -0.493 e. The van der Waals surface area contributed by atoms with E-state index in [1.54, 1.807) is 13.3 Å². The maximum atomic E-state index is 6.48. The number of nitrogens with zero attached hydrogens (tertiary/aromatic N) is 2. The number of piperidine rings is 1. The first-order chi connectivity index (χ1) is 14.8. The Morgan fingerprint density at radius 3 is 2.60 bits per heavy atom. The second-order valence-electron chi connectivity index (χ2n) is 8.88. The maximum absolute atomic E-state index is 6.48. The van der Waals surface area contributed by atoms with Gasteiger partial charge >= 0.3 is 0 Å². The van der Waals surface area contributed by atoms with Crippen LogP contribution >= 0.6 is 0 Å². The fraction of sp³-hybridized carbons (Fsp3) is 0.346. The van der Waals surface area contributed by atoms with E-state index in [9.17, 15) is 0 Å². The van der Waals surface area contributed by atoms with Crippen LogP contribution < -0.4 is 9.47 Å². The number of likely N-dealkylation sites (tertiary alicyclic amines) is 1. The number of pyridine rings is 1. The van der Waals surface area contributed by atoms with Crippen molar-refractivity contribution in [2.24, 2.45) is 11.8 Å². The highest BCUT2D eigenvalue weighted by Gasteiger charge is 2.40. The number of methoxy groups -OCH3 is 1. The number of fused-ring (bicyclic) bond motifs is 4. The topological polar surface area (TPSA) is 34.6 Å². The Balaban J connectivity index is 1.48. The first-order valence-corrected chi connectivity index (χ1v) is 10.9. The molecule has 152 valence electrons. The third-order valence-electron chi connectivity index (χ3n) is 7.04. The fourth-order valence-corrected chi connectivity index (χ4v) is 5.71. The predicted octanol–water partition coefficient (Wildman–Crippen LogP) is 5.68. The van der Waals surface area contributed by atoms with E-state index in [0.717, 1.165) is 40.2 Å². The smallest absolute Gasteiger partial charge is 0.174 e. The highest BCUT2D eigenvalue weighted by molar-refractivity contribution is 5.68. The maximum Gasteiger partial charge on any atom is 0.174 e. The lowest BCUT2D eigenvalue weighted by Crippen LogP contribution is -2.40. The van der Waals surface area contributed by atoms with Crippen molar-refractivity contribution in [3.05, 3.63) is 72.1 Å². The first-order valence-electron chi connectivity index (χ1n) is 10.9. The van der Waals surface area contributed by atoms with Crippen molar-refractivity contribution in [1.82, 2.24) is 9.88 Å². The van der Waals surface area contributed by atoms with E-state index in [0.29, 0.717) is 0 Å². The van der Waals surface area contributed by atoms with Gasteiger partial charge in [0.2, 0.25) is 0 Å². The SMILES string of the molecule is COc1cccc2c1Oc1cc(-c3cccnc3)ccc1C2N1CC2CCC(C2)C1. The Labute approximate surface area is 177 Å². The van der Waals surface area contributed by atoms with Crippen molar-refractivity contribution >= 4 is 0 Å². The van der Waals surface area contributed by atoms with E-state index in [-0.39, 0.29) is 6.04 Å². The molecule has 0 N–H and O–H groups in total. The average molecular weight is 399 g/mol. The van der Waals surface area contributed by atoms with Gasteiger partial charge in [0.05, 0.1) is 13.2 Å². The van der Waals surface area contributed by atoms with E-state index in [1.165, 1.54) is 43.5 Å². The van der Waals surface area contributed by atoms with Gasteiger partial charge in [-0.25, -0.2) is 0 Å². The van der Waals surface area contributed by atoms with Crippen LogP contribution in [0.5, 0.6) is 17.2 Å². The summed E-state index contributed by atoms with van der Waals surface area (Å²) in [6, 6.07) is 17.2. The summed E-state index contributed by atoms with van der Waals surface area (Å²) in [6.45, 7) is 2.34. The van der Waals surface area contributed by atoms with Crippen LogP contribution in [0.3, 0.4) is 0 Å². The van der Waals surface area contributed by atoms with Crippen molar-refractivity contribution in [3.63, 3.8) is 0 Å². The zero-order valence-electron chi connectivity index (χ0n) is 17.3. The van der Waals surface area contributed by atoms with Crippen molar-refractivity contribution in [2.45, 2.75) is 25.3 Å². The molecule has 2 aromatic carbocycles. The molecule has 2 bridgehead atoms. The minimum atomic E-state index is 0.213. The summed E-state index contributed by atoms with van der Waals surface area (Å²) in [4.78, 5) is 6.97. The Bertz CT molecular complexity index is 1070. The number of para-hydroxylation sites is 1. The Morgan fingerprint density at radius 2 is 1.83 bits per heavy atom. The van der Waals surface area contributed by atoms with Crippen molar-refractivity contribution in [3.8, 4) is 28.4 Å². The standard InChI is InChI=1S/C26H26N2O2/c1-29-23-6-2-5-22-25(28-15-17-7-8-18(12-17)16-28)21-10-9-19(13-24(21)30-26(22)23)20-4-3-11-27-14-20/h2-6,9-11,13-14,17-18,25H,7-8,12,15-16H2,1H3. The van der Waals surface area contributed by atoms with Gasteiger partial charge in [-0.15, -0.1) is 0 Å². The molecule has 1 aliphatic carbocycles. The lowest BCUT2D eigenvalue weighted by atomic mass is 9.88. The van der Waals surface area contributed by atoms with E-state index < -0.39 is 0 Å². The molecular weight excluding hydrogens is 372 g/mol. The molecule has 0 amide bonds. The van der Waals surface area contributed by atoms with Gasteiger partial charge in [-0.2, -0.15) is 0 Å². The van der Waals surface area contributed by atoms with Crippen molar-refractivity contribution in [1.29, 1.82) is 0 Å². The zero-order chi connectivity index (χ0) is 20.1. The molecule has 4 nitrogen and oxygen atoms in total. The fourth-order valence-electron chi connectivity index (χ4n) is 5.71. The summed E-state index contributed by atoms with van der Waals surface area (Å²) < 4.78 is 12.2. The molecule has 0 spiro atoms. The van der Waals surface area contributed by atoms with E-state index in [1.807, 2.05) is 18.3 Å². The predicted molar refractivity (Wildman–Crippen MR) is 117 cm³/mol. The van der Waals surface area contributed by atoms with Crippen LogP contribution in [0.2, 0.25) is 0 Å². The lowest BCUT2D eigenvalue weighted by molar-refractivity contribution is 0.129. The van der Waals surface area contributed by atoms with Gasteiger partial charge < -0.3 is 9.47 Å². The quantitative estimate of drug-likeness (QED) is 0.568. The van der Waals surface area contributed by atoms with E-state index in [2.05, 4.69) is 46.3 Å². The first kappa shape index (κ1) is 18.0. The molecule has 6 rings (SSSR count). The van der Waals surface area contributed by atoms with Crippen LogP contribution in [0.15, 0.2) is 60.9 Å². The normalized spacial score (nSPS) is 24.6. The summed E-state index contributed by atoms with van der Waals surface area (Å²) in [5.74, 6) is 4.25. The third kappa shape index (κ3) is 2.90. The van der Waals surface area contributed by atoms with Gasteiger partial charge in [-0.1, -0.05) is 30.3 Å². The molecule has 3 heterocycles. The van der Waals surface area contributed by atoms with E-state index >= 15 is 0 Å². The van der Waals surface area contributed by atoms with Crippen LogP contribution in [-0.2, 0) is 0 Å². The minimum absolute atomic E-state index is 0.213. The highest BCUT2D eigenvalue weighted by Crippen LogP contribution is 2.52. The summed E-state index contributed by atoms with van der Waals surface area (Å²) in [5.41, 5.74) is 4.70. The molecule has 2 aliphatic heterocycles. The molecule has 2 fully saturated rings. The molecule has 3 unspecified atom stereocenters. The average Bonchev–Trinajstić information content (AvgIpc) is 3.14. The number of benzene rings is 2. The van der Waals surface area contributed by atoms with Gasteiger partial charge in [-0.3, -0.25) is 9.88 Å². The molecule has 30 heavy (non-hydrogen) atoms. The number of hydrogen-bond donors (Lipinski definition) is 0. The summed E-state index contributed by atoms with van der Waals surface area (Å²) >= 11 is 0. The molecule has 4 heteroatoms. The van der Waals surface area contributed by atoms with Crippen molar-refractivity contribution in [2.75, 3.05) is 20.2 Å². The van der Waals surface area contributed by atoms with Crippen LogP contribution in [0.4, 0.5) is 0 Å². The van der Waals surface area contributed by atoms with Gasteiger partial charge in [0, 0.05) is 42.2 Å². The Morgan fingerprint density at radius 1 is 0.967 bits per heavy atom. The summed E-state index contributed by atoms with van der Waals surface area (Å²) in [7, 11) is 1.72. The molecule has 1 aromatic heterocycles. The molecule has 0 radical (unpaired) electrons. The summed E-state index contributed by atoms with van der Waals surface area (Å²) in [5, 5.41) is 0. The molecule has 3 atom stereocenters. The highest BCUT2D eigenvalue weighted by atomic mass is 16.5. The summed E-state index contributed by atoms with van der Waals surface area (Å²) in [6.07, 6.45) is 7.86. The molecule has 3 aliphatic rings. The molecular formula is C26H26N2O2. The van der Waals surface area contributed by atoms with Crippen molar-refractivity contribution < 1.29 is 9.47 Å². The number of aromatic nitrogens is 1. The third-order valence-corrected chi connectivity index (χ3v) is 7.04. The lowest BCUT2D eigenvalue weighted by Gasteiger charge is -2.41. The van der Waals surface area contributed by atoms with Crippen LogP contribution in [0.25, 0.3) is 11.1 Å². The Hall–Kier alpha value is -2.85. The second-order valence-corrected chi connectivity index (χ2v) is 8.88. The monoisotopic (exact) mass is 398 g/mol. The largest absolute Gasteiger partial charge is 0.493 e. The van der Waals surface area contributed by atoms with Gasteiger partial charge in [0.15, 0.2) is 11.5 Å². The molecule has 1 saturated carbocycles. The zero-order valence-corrected chi connectivity index (χ0v) is 17.3.